The van der Waals surface area contributed by atoms with Crippen LogP contribution in [0.25, 0.3) is 0 Å². The van der Waals surface area contributed by atoms with Gasteiger partial charge in [-0.05, 0) is 31.0 Å². The fourth-order valence-electron chi connectivity index (χ4n) is 3.08. The van der Waals surface area contributed by atoms with E-state index in [0.717, 1.165) is 43.6 Å². The summed E-state index contributed by atoms with van der Waals surface area (Å²) in [5, 5.41) is 0. The van der Waals surface area contributed by atoms with Crippen LogP contribution in [0.5, 0.6) is 5.75 Å². The van der Waals surface area contributed by atoms with Gasteiger partial charge in [0.05, 0.1) is 7.11 Å². The van der Waals surface area contributed by atoms with Gasteiger partial charge in [-0.2, -0.15) is 0 Å². The highest BCUT2D eigenvalue weighted by Gasteiger charge is 2.27. The summed E-state index contributed by atoms with van der Waals surface area (Å²) >= 11 is 0. The summed E-state index contributed by atoms with van der Waals surface area (Å²) < 4.78 is 5.32. The fraction of sp³-hybridized carbons (Fsp3) is 0.444. The van der Waals surface area contributed by atoms with Gasteiger partial charge in [-0.3, -0.25) is 0 Å². The standard InChI is InChI=1S/C18H22N4O/c1-23-16-4-2-3-15(13-16)21-9-11-22(12-10-21)17-7-8-19-18(20-17)14-5-6-14/h2-4,7-8,13-14H,5-6,9-12H2,1H3. The Balaban J connectivity index is 1.43. The monoisotopic (exact) mass is 310 g/mol. The summed E-state index contributed by atoms with van der Waals surface area (Å²) in [6.45, 7) is 3.96. The van der Waals surface area contributed by atoms with E-state index in [4.69, 9.17) is 9.72 Å². The van der Waals surface area contributed by atoms with Crippen LogP contribution in [-0.2, 0) is 0 Å². The molecule has 0 atom stereocenters. The molecule has 2 aliphatic rings. The maximum atomic E-state index is 5.32. The van der Waals surface area contributed by atoms with Crippen molar-refractivity contribution in [3.8, 4) is 5.75 Å². The lowest BCUT2D eigenvalue weighted by Gasteiger charge is -2.36. The molecule has 5 heteroatoms. The number of rotatable bonds is 4. The molecule has 0 unspecified atom stereocenters. The predicted octanol–water partition coefficient (Wildman–Crippen LogP) is 2.69. The molecule has 2 aromatic rings. The smallest absolute Gasteiger partial charge is 0.133 e. The number of hydrogen-bond donors (Lipinski definition) is 0. The zero-order valence-corrected chi connectivity index (χ0v) is 13.5. The normalized spacial score (nSPS) is 18.1. The molecule has 0 radical (unpaired) electrons. The number of hydrogen-bond acceptors (Lipinski definition) is 5. The SMILES string of the molecule is COc1cccc(N2CCN(c3ccnc(C4CC4)n3)CC2)c1. The van der Waals surface area contributed by atoms with E-state index in [0.29, 0.717) is 5.92 Å². The first-order valence-corrected chi connectivity index (χ1v) is 8.30. The Labute approximate surface area is 136 Å². The Morgan fingerprint density at radius 2 is 1.83 bits per heavy atom. The zero-order chi connectivity index (χ0) is 15.6. The van der Waals surface area contributed by atoms with Crippen molar-refractivity contribution in [2.24, 2.45) is 0 Å². The summed E-state index contributed by atoms with van der Waals surface area (Å²) in [5.74, 6) is 3.62. The molecule has 1 aromatic heterocycles. The number of aromatic nitrogens is 2. The van der Waals surface area contributed by atoms with Crippen LogP contribution >= 0.6 is 0 Å². The maximum absolute atomic E-state index is 5.32. The van der Waals surface area contributed by atoms with Crippen LogP contribution in [0.15, 0.2) is 36.5 Å². The van der Waals surface area contributed by atoms with Crippen LogP contribution in [0, 0.1) is 0 Å². The van der Waals surface area contributed by atoms with Crippen LogP contribution in [-0.4, -0.2) is 43.3 Å². The molecule has 2 fully saturated rings. The van der Waals surface area contributed by atoms with Gasteiger partial charge in [-0.1, -0.05) is 6.07 Å². The fourth-order valence-corrected chi connectivity index (χ4v) is 3.08. The molecule has 120 valence electrons. The Bertz CT molecular complexity index is 678. The number of anilines is 2. The van der Waals surface area contributed by atoms with Crippen LogP contribution in [0.3, 0.4) is 0 Å². The molecule has 0 amide bonds. The van der Waals surface area contributed by atoms with Crippen molar-refractivity contribution in [3.63, 3.8) is 0 Å². The summed E-state index contributed by atoms with van der Waals surface area (Å²) in [6.07, 6.45) is 4.39. The van der Waals surface area contributed by atoms with Gasteiger partial charge >= 0.3 is 0 Å². The van der Waals surface area contributed by atoms with Crippen LogP contribution < -0.4 is 14.5 Å². The van der Waals surface area contributed by atoms with E-state index < -0.39 is 0 Å². The third kappa shape index (κ3) is 3.09. The summed E-state index contributed by atoms with van der Waals surface area (Å²) in [4.78, 5) is 13.9. The minimum Gasteiger partial charge on any atom is -0.497 e. The summed E-state index contributed by atoms with van der Waals surface area (Å²) in [5.41, 5.74) is 1.23. The second kappa shape index (κ2) is 6.07. The molecule has 4 rings (SSSR count). The van der Waals surface area contributed by atoms with E-state index in [-0.39, 0.29) is 0 Å². The lowest BCUT2D eigenvalue weighted by atomic mass is 10.2. The topological polar surface area (TPSA) is 41.5 Å². The minimum atomic E-state index is 0.605. The Morgan fingerprint density at radius 1 is 1.04 bits per heavy atom. The number of ether oxygens (including phenoxy) is 1. The van der Waals surface area contributed by atoms with Crippen molar-refractivity contribution in [1.29, 1.82) is 0 Å². The summed E-state index contributed by atoms with van der Waals surface area (Å²) in [6, 6.07) is 10.3. The van der Waals surface area contributed by atoms with Gasteiger partial charge in [-0.15, -0.1) is 0 Å². The van der Waals surface area contributed by atoms with Gasteiger partial charge < -0.3 is 14.5 Å². The second-order valence-electron chi connectivity index (χ2n) is 6.22. The highest BCUT2D eigenvalue weighted by molar-refractivity contribution is 5.52. The maximum Gasteiger partial charge on any atom is 0.133 e. The van der Waals surface area contributed by atoms with Crippen molar-refractivity contribution in [2.45, 2.75) is 18.8 Å². The van der Waals surface area contributed by atoms with E-state index in [2.05, 4.69) is 26.9 Å². The van der Waals surface area contributed by atoms with Gasteiger partial charge in [0.25, 0.3) is 0 Å². The van der Waals surface area contributed by atoms with Crippen LogP contribution in [0.4, 0.5) is 11.5 Å². The number of benzene rings is 1. The highest BCUT2D eigenvalue weighted by Crippen LogP contribution is 2.38. The van der Waals surface area contributed by atoms with Crippen LogP contribution in [0.1, 0.15) is 24.6 Å². The lowest BCUT2D eigenvalue weighted by Crippen LogP contribution is -2.46. The van der Waals surface area contributed by atoms with Crippen molar-refractivity contribution in [1.82, 2.24) is 9.97 Å². The molecule has 0 bridgehead atoms. The molecule has 1 aromatic carbocycles. The molecule has 1 aliphatic carbocycles. The van der Waals surface area contributed by atoms with Gasteiger partial charge in [0.1, 0.15) is 17.4 Å². The molecule has 1 saturated carbocycles. The van der Waals surface area contributed by atoms with E-state index >= 15 is 0 Å². The largest absolute Gasteiger partial charge is 0.497 e. The minimum absolute atomic E-state index is 0.605. The molecule has 0 spiro atoms. The molecule has 1 saturated heterocycles. The third-order valence-corrected chi connectivity index (χ3v) is 4.62. The molecule has 0 N–H and O–H groups in total. The number of piperazine rings is 1. The first-order chi connectivity index (χ1) is 11.3. The quantitative estimate of drug-likeness (QED) is 0.868. The predicted molar refractivity (Wildman–Crippen MR) is 91.4 cm³/mol. The molecule has 5 nitrogen and oxygen atoms in total. The lowest BCUT2D eigenvalue weighted by molar-refractivity contribution is 0.414. The van der Waals surface area contributed by atoms with E-state index in [1.54, 1.807) is 7.11 Å². The first-order valence-electron chi connectivity index (χ1n) is 8.30. The van der Waals surface area contributed by atoms with Gasteiger partial charge in [-0.25, -0.2) is 9.97 Å². The van der Waals surface area contributed by atoms with Crippen molar-refractivity contribution in [2.75, 3.05) is 43.1 Å². The Kier molecular flexibility index (Phi) is 3.77. The van der Waals surface area contributed by atoms with Gasteiger partial charge in [0.2, 0.25) is 0 Å². The molecule has 23 heavy (non-hydrogen) atoms. The number of methoxy groups -OCH3 is 1. The number of nitrogens with zero attached hydrogens (tertiary/aromatic N) is 4. The van der Waals surface area contributed by atoms with Crippen molar-refractivity contribution < 1.29 is 4.74 Å². The van der Waals surface area contributed by atoms with E-state index in [1.807, 2.05) is 24.4 Å². The Hall–Kier alpha value is -2.30. The first kappa shape index (κ1) is 14.3. The average molecular weight is 310 g/mol. The highest BCUT2D eigenvalue weighted by atomic mass is 16.5. The second-order valence-corrected chi connectivity index (χ2v) is 6.22. The average Bonchev–Trinajstić information content (AvgIpc) is 3.47. The van der Waals surface area contributed by atoms with Crippen molar-refractivity contribution in [3.05, 3.63) is 42.4 Å². The van der Waals surface area contributed by atoms with E-state index in [1.165, 1.54) is 18.5 Å². The molecule has 1 aliphatic heterocycles. The van der Waals surface area contributed by atoms with E-state index in [9.17, 15) is 0 Å². The van der Waals surface area contributed by atoms with Crippen molar-refractivity contribution >= 4 is 11.5 Å². The molecular formula is C18H22N4O. The Morgan fingerprint density at radius 3 is 2.57 bits per heavy atom. The van der Waals surface area contributed by atoms with Crippen LogP contribution in [0.2, 0.25) is 0 Å². The van der Waals surface area contributed by atoms with Gasteiger partial charge in [0, 0.05) is 50.0 Å². The summed E-state index contributed by atoms with van der Waals surface area (Å²) in [7, 11) is 1.71. The molecular weight excluding hydrogens is 288 g/mol. The molecule has 2 heterocycles. The zero-order valence-electron chi connectivity index (χ0n) is 13.5. The third-order valence-electron chi connectivity index (χ3n) is 4.62. The van der Waals surface area contributed by atoms with Gasteiger partial charge in [0.15, 0.2) is 0 Å².